The van der Waals surface area contributed by atoms with Gasteiger partial charge in [0.25, 0.3) is 0 Å². The van der Waals surface area contributed by atoms with E-state index >= 15 is 0 Å². The van der Waals surface area contributed by atoms with E-state index in [-0.39, 0.29) is 0 Å². The topological polar surface area (TPSA) is 24.8 Å². The highest BCUT2D eigenvalue weighted by molar-refractivity contribution is 5.87. The summed E-state index contributed by atoms with van der Waals surface area (Å²) in [6.07, 6.45) is 0.992. The van der Waals surface area contributed by atoms with Crippen LogP contribution in [-0.2, 0) is 4.74 Å². The summed E-state index contributed by atoms with van der Waals surface area (Å²) >= 11 is 0. The average molecular weight is 170 g/mol. The molecule has 0 aliphatic carbocycles. The number of hydrogen-bond acceptors (Lipinski definition) is 3. The third-order valence-corrected chi connectivity index (χ3v) is 2.20. The molecule has 1 aliphatic heterocycles. The molecule has 1 saturated heterocycles. The summed E-state index contributed by atoms with van der Waals surface area (Å²) < 4.78 is 5.33. The molecule has 0 amide bonds. The van der Waals surface area contributed by atoms with Crippen LogP contribution in [0.1, 0.15) is 20.3 Å². The Morgan fingerprint density at radius 1 is 1.67 bits per heavy atom. The fraction of sp³-hybridized carbons (Fsp3) is 0.889. The van der Waals surface area contributed by atoms with Gasteiger partial charge in [0.2, 0.25) is 0 Å². The number of hydrogen-bond donors (Lipinski definition) is 0. The predicted octanol–water partition coefficient (Wildman–Crippen LogP) is 1.35. The van der Waals surface area contributed by atoms with Crippen molar-refractivity contribution < 1.29 is 4.74 Å². The Kier molecular flexibility index (Phi) is 3.53. The quantitative estimate of drug-likeness (QED) is 0.584. The molecule has 1 fully saturated rings. The average Bonchev–Trinajstić information content (AvgIpc) is 2.09. The van der Waals surface area contributed by atoms with Crippen molar-refractivity contribution in [2.45, 2.75) is 20.3 Å². The maximum atomic E-state index is 5.33. The van der Waals surface area contributed by atoms with Gasteiger partial charge in [0.1, 0.15) is 0 Å². The van der Waals surface area contributed by atoms with Gasteiger partial charge in [-0.1, -0.05) is 6.92 Å². The van der Waals surface area contributed by atoms with Gasteiger partial charge >= 0.3 is 0 Å². The lowest BCUT2D eigenvalue weighted by Gasteiger charge is -2.22. The zero-order valence-electron chi connectivity index (χ0n) is 8.21. The minimum absolute atomic E-state index is 0.493. The monoisotopic (exact) mass is 170 g/mol. The molecule has 3 heteroatoms. The molecule has 0 saturated carbocycles. The molecule has 1 aliphatic rings. The maximum absolute atomic E-state index is 5.33. The molecule has 0 bridgehead atoms. The van der Waals surface area contributed by atoms with Gasteiger partial charge in [-0.15, -0.1) is 0 Å². The second-order valence-electron chi connectivity index (χ2n) is 3.29. The number of ether oxygens (including phenoxy) is 1. The summed E-state index contributed by atoms with van der Waals surface area (Å²) in [5.74, 6) is 0.493. The van der Waals surface area contributed by atoms with Gasteiger partial charge in [0.05, 0.1) is 13.2 Å². The lowest BCUT2D eigenvalue weighted by molar-refractivity contribution is 0.109. The van der Waals surface area contributed by atoms with E-state index in [2.05, 4.69) is 18.9 Å². The summed E-state index contributed by atoms with van der Waals surface area (Å²) in [5, 5.41) is 6.49. The zero-order valence-corrected chi connectivity index (χ0v) is 8.21. The first-order chi connectivity index (χ1) is 5.74. The normalized spacial score (nSPS) is 27.6. The van der Waals surface area contributed by atoms with Crippen molar-refractivity contribution in [2.75, 3.05) is 26.8 Å². The highest BCUT2D eigenvalue weighted by Crippen LogP contribution is 2.10. The van der Waals surface area contributed by atoms with Crippen molar-refractivity contribution >= 4 is 5.71 Å². The first kappa shape index (κ1) is 9.52. The molecule has 0 aromatic rings. The van der Waals surface area contributed by atoms with E-state index in [1.807, 2.05) is 12.1 Å². The van der Waals surface area contributed by atoms with Crippen LogP contribution in [-0.4, -0.2) is 37.5 Å². The molecule has 0 radical (unpaired) electrons. The third-order valence-electron chi connectivity index (χ3n) is 2.20. The van der Waals surface area contributed by atoms with E-state index < -0.39 is 0 Å². The molecule has 0 spiro atoms. The van der Waals surface area contributed by atoms with Crippen LogP contribution in [0.2, 0.25) is 0 Å². The van der Waals surface area contributed by atoms with Gasteiger partial charge in [-0.05, 0) is 6.92 Å². The molecule has 70 valence electrons. The molecule has 1 unspecified atom stereocenters. The Bertz CT molecular complexity index is 168. The van der Waals surface area contributed by atoms with Crippen molar-refractivity contribution in [3.63, 3.8) is 0 Å². The first-order valence-electron chi connectivity index (χ1n) is 4.60. The van der Waals surface area contributed by atoms with Gasteiger partial charge in [-0.2, -0.15) is 5.10 Å². The first-order valence-corrected chi connectivity index (χ1v) is 4.60. The molecule has 12 heavy (non-hydrogen) atoms. The molecule has 0 aromatic carbocycles. The summed E-state index contributed by atoms with van der Waals surface area (Å²) in [4.78, 5) is 0. The fourth-order valence-corrected chi connectivity index (χ4v) is 1.22. The van der Waals surface area contributed by atoms with Gasteiger partial charge in [-0.25, -0.2) is 0 Å². The Balaban J connectivity index is 2.52. The van der Waals surface area contributed by atoms with E-state index in [0.29, 0.717) is 5.92 Å². The predicted molar refractivity (Wildman–Crippen MR) is 50.3 cm³/mol. The van der Waals surface area contributed by atoms with Crippen molar-refractivity contribution in [3.8, 4) is 0 Å². The second-order valence-corrected chi connectivity index (χ2v) is 3.29. The molecular weight excluding hydrogens is 152 g/mol. The van der Waals surface area contributed by atoms with Crippen LogP contribution in [0.15, 0.2) is 5.10 Å². The lowest BCUT2D eigenvalue weighted by Crippen LogP contribution is -2.27. The molecular formula is C9H18N2O. The Labute approximate surface area is 74.4 Å². The van der Waals surface area contributed by atoms with Crippen molar-refractivity contribution in [3.05, 3.63) is 0 Å². The standard InChI is InChI=1S/C9H18N2O/c1-4-11(3)10-9-5-6-12-7-8(9)2/h8H,4-7H2,1-3H3/b10-9-. The van der Waals surface area contributed by atoms with Crippen LogP contribution in [0.5, 0.6) is 0 Å². The maximum Gasteiger partial charge on any atom is 0.0544 e. The molecule has 0 aromatic heterocycles. The minimum atomic E-state index is 0.493. The van der Waals surface area contributed by atoms with E-state index in [4.69, 9.17) is 4.74 Å². The van der Waals surface area contributed by atoms with E-state index in [1.54, 1.807) is 0 Å². The Morgan fingerprint density at radius 2 is 2.42 bits per heavy atom. The molecule has 1 atom stereocenters. The van der Waals surface area contributed by atoms with Crippen LogP contribution >= 0.6 is 0 Å². The Morgan fingerprint density at radius 3 is 3.00 bits per heavy atom. The number of hydrazone groups is 1. The molecule has 1 heterocycles. The van der Waals surface area contributed by atoms with Gasteiger partial charge < -0.3 is 9.75 Å². The van der Waals surface area contributed by atoms with Gasteiger partial charge in [-0.3, -0.25) is 0 Å². The van der Waals surface area contributed by atoms with Crippen molar-refractivity contribution in [1.29, 1.82) is 0 Å². The molecule has 1 rings (SSSR count). The largest absolute Gasteiger partial charge is 0.380 e. The van der Waals surface area contributed by atoms with Crippen molar-refractivity contribution in [2.24, 2.45) is 11.0 Å². The fourth-order valence-electron chi connectivity index (χ4n) is 1.22. The van der Waals surface area contributed by atoms with Crippen LogP contribution < -0.4 is 0 Å². The molecule has 0 N–H and O–H groups in total. The minimum Gasteiger partial charge on any atom is -0.380 e. The molecule has 3 nitrogen and oxygen atoms in total. The summed E-state index contributed by atoms with van der Waals surface area (Å²) in [6.45, 7) is 6.91. The zero-order chi connectivity index (χ0) is 8.97. The SMILES string of the molecule is CCN(C)/N=C1/CCOCC1C. The van der Waals surface area contributed by atoms with Crippen LogP contribution in [0.3, 0.4) is 0 Å². The highest BCUT2D eigenvalue weighted by Gasteiger charge is 2.16. The highest BCUT2D eigenvalue weighted by atomic mass is 16.5. The van der Waals surface area contributed by atoms with Crippen LogP contribution in [0.25, 0.3) is 0 Å². The van der Waals surface area contributed by atoms with E-state index in [0.717, 1.165) is 26.2 Å². The van der Waals surface area contributed by atoms with Crippen LogP contribution in [0.4, 0.5) is 0 Å². The van der Waals surface area contributed by atoms with Gasteiger partial charge in [0.15, 0.2) is 0 Å². The summed E-state index contributed by atoms with van der Waals surface area (Å²) in [7, 11) is 2.01. The summed E-state index contributed by atoms with van der Waals surface area (Å²) in [5.41, 5.74) is 1.28. The van der Waals surface area contributed by atoms with Crippen molar-refractivity contribution in [1.82, 2.24) is 5.01 Å². The third kappa shape index (κ3) is 2.48. The summed E-state index contributed by atoms with van der Waals surface area (Å²) in [6, 6.07) is 0. The van der Waals surface area contributed by atoms with Gasteiger partial charge in [0, 0.05) is 31.6 Å². The number of rotatable bonds is 2. The smallest absolute Gasteiger partial charge is 0.0544 e. The van der Waals surface area contributed by atoms with E-state index in [1.165, 1.54) is 5.71 Å². The second kappa shape index (κ2) is 4.45. The lowest BCUT2D eigenvalue weighted by atomic mass is 10.0. The van der Waals surface area contributed by atoms with E-state index in [9.17, 15) is 0 Å². The number of nitrogens with zero attached hydrogens (tertiary/aromatic N) is 2. The Hall–Kier alpha value is -0.570. The van der Waals surface area contributed by atoms with Crippen LogP contribution in [0, 0.1) is 5.92 Å².